The standard InChI is InChI=1S/C24H18FN3O/c25-20-13-11-17(12-14-20)15-22(29)28-24-23(19-9-5-2-6-10-19)27-21(16-26-24)18-7-3-1-4-8-18/h1-14,16H,15H2,(H,26,28,29). The summed E-state index contributed by atoms with van der Waals surface area (Å²) in [4.78, 5) is 21.8. The molecule has 0 atom stereocenters. The Kier molecular flexibility index (Phi) is 5.38. The summed E-state index contributed by atoms with van der Waals surface area (Å²) < 4.78 is 13.1. The fourth-order valence-corrected chi connectivity index (χ4v) is 2.99. The van der Waals surface area contributed by atoms with Crippen LogP contribution >= 0.6 is 0 Å². The molecule has 0 radical (unpaired) electrons. The van der Waals surface area contributed by atoms with E-state index in [1.165, 1.54) is 12.1 Å². The second-order valence-corrected chi connectivity index (χ2v) is 6.54. The van der Waals surface area contributed by atoms with Crippen molar-refractivity contribution in [1.29, 1.82) is 0 Å². The van der Waals surface area contributed by atoms with Crippen LogP contribution in [0.1, 0.15) is 5.56 Å². The minimum atomic E-state index is -0.331. The van der Waals surface area contributed by atoms with E-state index < -0.39 is 0 Å². The van der Waals surface area contributed by atoms with Crippen molar-refractivity contribution in [2.75, 3.05) is 5.32 Å². The van der Waals surface area contributed by atoms with E-state index in [0.29, 0.717) is 11.5 Å². The van der Waals surface area contributed by atoms with Gasteiger partial charge >= 0.3 is 0 Å². The average Bonchev–Trinajstić information content (AvgIpc) is 2.77. The van der Waals surface area contributed by atoms with Crippen molar-refractivity contribution in [2.24, 2.45) is 0 Å². The third kappa shape index (κ3) is 4.52. The number of halogens is 1. The molecule has 1 heterocycles. The molecule has 0 fully saturated rings. The van der Waals surface area contributed by atoms with Gasteiger partial charge in [-0.15, -0.1) is 0 Å². The lowest BCUT2D eigenvalue weighted by molar-refractivity contribution is -0.115. The van der Waals surface area contributed by atoms with Crippen molar-refractivity contribution >= 4 is 11.7 Å². The summed E-state index contributed by atoms with van der Waals surface area (Å²) in [7, 11) is 0. The van der Waals surface area contributed by atoms with E-state index in [0.717, 1.165) is 22.4 Å². The largest absolute Gasteiger partial charge is 0.309 e. The van der Waals surface area contributed by atoms with E-state index >= 15 is 0 Å². The molecule has 5 heteroatoms. The summed E-state index contributed by atoms with van der Waals surface area (Å²) in [6.07, 6.45) is 1.77. The first-order chi connectivity index (χ1) is 14.2. The Morgan fingerprint density at radius 2 is 1.45 bits per heavy atom. The summed E-state index contributed by atoms with van der Waals surface area (Å²) in [6.45, 7) is 0. The third-order valence-electron chi connectivity index (χ3n) is 4.43. The van der Waals surface area contributed by atoms with Crippen LogP contribution in [0, 0.1) is 5.82 Å². The molecule has 3 aromatic carbocycles. The minimum Gasteiger partial charge on any atom is -0.309 e. The predicted molar refractivity (Wildman–Crippen MR) is 112 cm³/mol. The van der Waals surface area contributed by atoms with Gasteiger partial charge in [0.15, 0.2) is 5.82 Å². The first-order valence-corrected chi connectivity index (χ1v) is 9.21. The van der Waals surface area contributed by atoms with Crippen LogP contribution in [0.15, 0.2) is 91.1 Å². The first kappa shape index (κ1) is 18.5. The maximum Gasteiger partial charge on any atom is 0.230 e. The van der Waals surface area contributed by atoms with Gasteiger partial charge in [-0.3, -0.25) is 4.79 Å². The molecule has 0 aliphatic rings. The van der Waals surface area contributed by atoms with Gasteiger partial charge in [-0.05, 0) is 17.7 Å². The fourth-order valence-electron chi connectivity index (χ4n) is 2.99. The molecule has 0 aliphatic heterocycles. The van der Waals surface area contributed by atoms with Crippen LogP contribution in [0.4, 0.5) is 10.2 Å². The van der Waals surface area contributed by atoms with Crippen LogP contribution in [-0.4, -0.2) is 15.9 Å². The quantitative estimate of drug-likeness (QED) is 0.520. The van der Waals surface area contributed by atoms with Gasteiger partial charge in [0.1, 0.15) is 11.5 Å². The maximum atomic E-state index is 13.1. The van der Waals surface area contributed by atoms with Crippen molar-refractivity contribution in [3.63, 3.8) is 0 Å². The molecule has 0 bridgehead atoms. The van der Waals surface area contributed by atoms with Gasteiger partial charge in [-0.1, -0.05) is 72.8 Å². The van der Waals surface area contributed by atoms with Crippen LogP contribution in [0.5, 0.6) is 0 Å². The number of carbonyl (C=O) groups excluding carboxylic acids is 1. The van der Waals surface area contributed by atoms with Gasteiger partial charge in [0.05, 0.1) is 18.3 Å². The summed E-state index contributed by atoms with van der Waals surface area (Å²) in [5.74, 6) is -0.179. The Morgan fingerprint density at radius 1 is 0.828 bits per heavy atom. The van der Waals surface area contributed by atoms with Gasteiger partial charge in [0, 0.05) is 11.1 Å². The summed E-state index contributed by atoms with van der Waals surface area (Å²) in [6, 6.07) is 25.2. The number of hydrogen-bond donors (Lipinski definition) is 1. The molecule has 4 rings (SSSR count). The molecule has 4 nitrogen and oxygen atoms in total. The van der Waals surface area contributed by atoms with Gasteiger partial charge in [-0.2, -0.15) is 0 Å². The molecule has 142 valence electrons. The lowest BCUT2D eigenvalue weighted by atomic mass is 10.1. The topological polar surface area (TPSA) is 54.9 Å². The SMILES string of the molecule is O=C(Cc1ccc(F)cc1)Nc1ncc(-c2ccccc2)nc1-c1ccccc1. The Balaban J connectivity index is 1.65. The van der Waals surface area contributed by atoms with Crippen LogP contribution in [0.2, 0.25) is 0 Å². The molecular weight excluding hydrogens is 365 g/mol. The molecule has 0 unspecified atom stereocenters. The number of hydrogen-bond acceptors (Lipinski definition) is 3. The van der Waals surface area contributed by atoms with Crippen LogP contribution < -0.4 is 5.32 Å². The van der Waals surface area contributed by atoms with Gasteiger partial charge in [-0.25, -0.2) is 14.4 Å². The number of amides is 1. The number of anilines is 1. The van der Waals surface area contributed by atoms with Crippen molar-refractivity contribution in [3.8, 4) is 22.5 Å². The molecule has 0 spiro atoms. The second-order valence-electron chi connectivity index (χ2n) is 6.54. The molecule has 0 saturated heterocycles. The molecule has 1 amide bonds. The van der Waals surface area contributed by atoms with E-state index in [4.69, 9.17) is 4.98 Å². The zero-order valence-electron chi connectivity index (χ0n) is 15.5. The summed E-state index contributed by atoms with van der Waals surface area (Å²) in [5, 5.41) is 2.84. The second kappa shape index (κ2) is 8.44. The molecule has 29 heavy (non-hydrogen) atoms. The number of nitrogens with zero attached hydrogens (tertiary/aromatic N) is 2. The number of rotatable bonds is 5. The lowest BCUT2D eigenvalue weighted by Gasteiger charge is -2.12. The summed E-state index contributed by atoms with van der Waals surface area (Å²) in [5.41, 5.74) is 3.84. The zero-order valence-corrected chi connectivity index (χ0v) is 15.5. The number of carbonyl (C=O) groups is 1. The first-order valence-electron chi connectivity index (χ1n) is 9.21. The fraction of sp³-hybridized carbons (Fsp3) is 0.0417. The average molecular weight is 383 g/mol. The van der Waals surface area contributed by atoms with Crippen molar-refractivity contribution in [2.45, 2.75) is 6.42 Å². The molecule has 0 saturated carbocycles. The maximum absolute atomic E-state index is 13.1. The van der Waals surface area contributed by atoms with Gasteiger partial charge in [0.25, 0.3) is 0 Å². The lowest BCUT2D eigenvalue weighted by Crippen LogP contribution is -2.16. The van der Waals surface area contributed by atoms with E-state index in [2.05, 4.69) is 10.3 Å². The smallest absolute Gasteiger partial charge is 0.230 e. The van der Waals surface area contributed by atoms with Crippen molar-refractivity contribution in [3.05, 3.63) is 103 Å². The van der Waals surface area contributed by atoms with Gasteiger partial charge in [0.2, 0.25) is 5.91 Å². The van der Waals surface area contributed by atoms with E-state index in [9.17, 15) is 9.18 Å². The number of nitrogens with one attached hydrogen (secondary N) is 1. The molecule has 4 aromatic rings. The van der Waals surface area contributed by atoms with Crippen LogP contribution in [0.3, 0.4) is 0 Å². The monoisotopic (exact) mass is 383 g/mol. The van der Waals surface area contributed by atoms with Crippen molar-refractivity contribution < 1.29 is 9.18 Å². The van der Waals surface area contributed by atoms with E-state index in [1.54, 1.807) is 18.3 Å². The highest BCUT2D eigenvalue weighted by molar-refractivity contribution is 5.94. The van der Waals surface area contributed by atoms with E-state index in [-0.39, 0.29) is 18.1 Å². The highest BCUT2D eigenvalue weighted by Gasteiger charge is 2.14. The molecular formula is C24H18FN3O. The highest BCUT2D eigenvalue weighted by Crippen LogP contribution is 2.27. The zero-order chi connectivity index (χ0) is 20.1. The number of benzene rings is 3. The van der Waals surface area contributed by atoms with Gasteiger partial charge < -0.3 is 5.32 Å². The third-order valence-corrected chi connectivity index (χ3v) is 4.43. The predicted octanol–water partition coefficient (Wildman–Crippen LogP) is 5.13. The number of aromatic nitrogens is 2. The normalized spacial score (nSPS) is 10.5. The molecule has 1 aromatic heterocycles. The Morgan fingerprint density at radius 3 is 2.10 bits per heavy atom. The molecule has 0 aliphatic carbocycles. The minimum absolute atomic E-state index is 0.122. The van der Waals surface area contributed by atoms with E-state index in [1.807, 2.05) is 60.7 Å². The Labute approximate surface area is 168 Å². The van der Waals surface area contributed by atoms with Crippen LogP contribution in [-0.2, 0) is 11.2 Å². The molecule has 1 N–H and O–H groups in total. The highest BCUT2D eigenvalue weighted by atomic mass is 19.1. The Hall–Kier alpha value is -3.86. The van der Waals surface area contributed by atoms with Crippen molar-refractivity contribution in [1.82, 2.24) is 9.97 Å². The summed E-state index contributed by atoms with van der Waals surface area (Å²) >= 11 is 0. The Bertz CT molecular complexity index is 1110. The van der Waals surface area contributed by atoms with Crippen LogP contribution in [0.25, 0.3) is 22.5 Å².